The second-order valence-corrected chi connectivity index (χ2v) is 4.64. The van der Waals surface area contributed by atoms with Gasteiger partial charge in [0.1, 0.15) is 18.2 Å². The normalized spacial score (nSPS) is 10.5. The van der Waals surface area contributed by atoms with E-state index in [1.165, 1.54) is 6.07 Å². The number of benzene rings is 2. The topological polar surface area (TPSA) is 35.2 Å². The van der Waals surface area contributed by atoms with Crippen molar-refractivity contribution in [3.05, 3.63) is 64.5 Å². The minimum absolute atomic E-state index is 0.214. The number of hydrogen-bond donors (Lipinski definition) is 1. The van der Waals surface area contributed by atoms with Crippen molar-refractivity contribution >= 4 is 0 Å². The quantitative estimate of drug-likeness (QED) is 0.912. The Bertz CT molecular complexity index is 561. The zero-order chi connectivity index (χ0) is 13.8. The van der Waals surface area contributed by atoms with E-state index in [4.69, 9.17) is 10.5 Å². The maximum Gasteiger partial charge on any atom is 0.129 e. The molecule has 0 aromatic heterocycles. The molecule has 0 radical (unpaired) electrons. The molecule has 0 bridgehead atoms. The molecule has 0 fully saturated rings. The molecule has 0 aliphatic rings. The van der Waals surface area contributed by atoms with E-state index < -0.39 is 0 Å². The molecule has 100 valence electrons. The summed E-state index contributed by atoms with van der Waals surface area (Å²) >= 11 is 0. The van der Waals surface area contributed by atoms with E-state index in [1.54, 1.807) is 12.1 Å². The molecular weight excluding hydrogens is 241 g/mol. The number of rotatable bonds is 4. The van der Waals surface area contributed by atoms with Crippen molar-refractivity contribution in [2.45, 2.75) is 27.0 Å². The first-order valence-corrected chi connectivity index (χ1v) is 6.28. The Morgan fingerprint density at radius 1 is 1.11 bits per heavy atom. The van der Waals surface area contributed by atoms with Gasteiger partial charge in [-0.1, -0.05) is 24.3 Å². The number of aryl methyl sites for hydroxylation is 2. The molecule has 0 amide bonds. The van der Waals surface area contributed by atoms with Crippen LogP contribution in [0.4, 0.5) is 4.39 Å². The van der Waals surface area contributed by atoms with Gasteiger partial charge in [-0.3, -0.25) is 0 Å². The fraction of sp³-hybridized carbons (Fsp3) is 0.250. The smallest absolute Gasteiger partial charge is 0.129 e. The highest BCUT2D eigenvalue weighted by molar-refractivity contribution is 5.40. The number of nitrogens with two attached hydrogens (primary N) is 1. The standard InChI is InChI=1S/C16H18FNO/c1-11-4-3-5-12(2)16(11)19-10-14-8-13(9-18)6-7-15(14)17/h3-8H,9-10,18H2,1-2H3. The van der Waals surface area contributed by atoms with Crippen LogP contribution in [0.5, 0.6) is 5.75 Å². The molecule has 2 aromatic rings. The van der Waals surface area contributed by atoms with E-state index in [-0.39, 0.29) is 12.4 Å². The minimum Gasteiger partial charge on any atom is -0.488 e. The van der Waals surface area contributed by atoms with E-state index in [1.807, 2.05) is 32.0 Å². The van der Waals surface area contributed by atoms with Crippen molar-refractivity contribution < 1.29 is 9.13 Å². The zero-order valence-corrected chi connectivity index (χ0v) is 11.2. The summed E-state index contributed by atoms with van der Waals surface area (Å²) < 4.78 is 19.4. The van der Waals surface area contributed by atoms with E-state index >= 15 is 0 Å². The van der Waals surface area contributed by atoms with Gasteiger partial charge < -0.3 is 10.5 Å². The van der Waals surface area contributed by atoms with Gasteiger partial charge in [0.2, 0.25) is 0 Å². The van der Waals surface area contributed by atoms with Crippen molar-refractivity contribution in [2.75, 3.05) is 0 Å². The monoisotopic (exact) mass is 259 g/mol. The lowest BCUT2D eigenvalue weighted by atomic mass is 10.1. The van der Waals surface area contributed by atoms with Crippen LogP contribution in [0.2, 0.25) is 0 Å². The van der Waals surface area contributed by atoms with E-state index in [0.717, 1.165) is 22.4 Å². The van der Waals surface area contributed by atoms with Gasteiger partial charge in [-0.05, 0) is 42.7 Å². The molecule has 2 N–H and O–H groups in total. The van der Waals surface area contributed by atoms with Gasteiger partial charge in [0.15, 0.2) is 0 Å². The van der Waals surface area contributed by atoms with Crippen molar-refractivity contribution in [2.24, 2.45) is 5.73 Å². The zero-order valence-electron chi connectivity index (χ0n) is 11.2. The van der Waals surface area contributed by atoms with Crippen LogP contribution >= 0.6 is 0 Å². The summed E-state index contributed by atoms with van der Waals surface area (Å²) in [6, 6.07) is 10.8. The second-order valence-electron chi connectivity index (χ2n) is 4.64. The van der Waals surface area contributed by atoms with Crippen molar-refractivity contribution in [1.29, 1.82) is 0 Å². The van der Waals surface area contributed by atoms with Gasteiger partial charge in [0.05, 0.1) is 0 Å². The maximum atomic E-state index is 13.7. The third kappa shape index (κ3) is 3.12. The summed E-state index contributed by atoms with van der Waals surface area (Å²) in [6.07, 6.45) is 0. The molecule has 0 aliphatic heterocycles. The number of para-hydroxylation sites is 1. The van der Waals surface area contributed by atoms with Crippen LogP contribution in [0.25, 0.3) is 0 Å². The Morgan fingerprint density at radius 3 is 2.42 bits per heavy atom. The van der Waals surface area contributed by atoms with Crippen LogP contribution in [0.1, 0.15) is 22.3 Å². The van der Waals surface area contributed by atoms with Crippen LogP contribution in [-0.2, 0) is 13.2 Å². The largest absolute Gasteiger partial charge is 0.488 e. The third-order valence-corrected chi connectivity index (χ3v) is 3.13. The van der Waals surface area contributed by atoms with E-state index in [2.05, 4.69) is 0 Å². The highest BCUT2D eigenvalue weighted by Gasteiger charge is 2.07. The van der Waals surface area contributed by atoms with Crippen molar-refractivity contribution in [1.82, 2.24) is 0 Å². The van der Waals surface area contributed by atoms with Gasteiger partial charge in [-0.2, -0.15) is 0 Å². The lowest BCUT2D eigenvalue weighted by molar-refractivity contribution is 0.295. The predicted octanol–water partition coefficient (Wildman–Crippen LogP) is 3.48. The summed E-state index contributed by atoms with van der Waals surface area (Å²) in [5.74, 6) is 0.559. The second kappa shape index (κ2) is 5.85. The molecular formula is C16H18FNO. The van der Waals surface area contributed by atoms with E-state index in [0.29, 0.717) is 12.1 Å². The summed E-state index contributed by atoms with van der Waals surface area (Å²) in [5, 5.41) is 0. The molecule has 0 unspecified atom stereocenters. The highest BCUT2D eigenvalue weighted by Crippen LogP contribution is 2.24. The summed E-state index contributed by atoms with van der Waals surface area (Å²) in [4.78, 5) is 0. The first-order chi connectivity index (χ1) is 9.11. The SMILES string of the molecule is Cc1cccc(C)c1OCc1cc(CN)ccc1F. The fourth-order valence-corrected chi connectivity index (χ4v) is 2.04. The minimum atomic E-state index is -0.261. The molecule has 0 aliphatic carbocycles. The van der Waals surface area contributed by atoms with Crippen LogP contribution in [0.3, 0.4) is 0 Å². The molecule has 0 atom stereocenters. The van der Waals surface area contributed by atoms with Gasteiger partial charge in [0.25, 0.3) is 0 Å². The summed E-state index contributed by atoms with van der Waals surface area (Å²) in [5.41, 5.74) is 9.10. The van der Waals surface area contributed by atoms with E-state index in [9.17, 15) is 4.39 Å². The number of halogens is 1. The van der Waals surface area contributed by atoms with Crippen LogP contribution in [0, 0.1) is 19.7 Å². The average molecular weight is 259 g/mol. The molecule has 0 saturated carbocycles. The predicted molar refractivity (Wildman–Crippen MR) is 74.5 cm³/mol. The summed E-state index contributed by atoms with van der Waals surface area (Å²) in [6.45, 7) is 4.58. The van der Waals surface area contributed by atoms with Crippen molar-refractivity contribution in [3.8, 4) is 5.75 Å². The first kappa shape index (κ1) is 13.6. The molecule has 19 heavy (non-hydrogen) atoms. The third-order valence-electron chi connectivity index (χ3n) is 3.13. The van der Waals surface area contributed by atoms with Gasteiger partial charge in [-0.25, -0.2) is 4.39 Å². The Balaban J connectivity index is 2.19. The number of hydrogen-bond acceptors (Lipinski definition) is 2. The summed E-state index contributed by atoms with van der Waals surface area (Å²) in [7, 11) is 0. The maximum absolute atomic E-state index is 13.7. The fourth-order valence-electron chi connectivity index (χ4n) is 2.04. The lowest BCUT2D eigenvalue weighted by Crippen LogP contribution is -2.04. The molecule has 0 saturated heterocycles. The molecule has 3 heteroatoms. The molecule has 2 rings (SSSR count). The average Bonchev–Trinajstić information content (AvgIpc) is 2.40. The van der Waals surface area contributed by atoms with Gasteiger partial charge in [0, 0.05) is 12.1 Å². The first-order valence-electron chi connectivity index (χ1n) is 6.28. The Labute approximate surface area is 113 Å². The molecule has 2 aromatic carbocycles. The Kier molecular flexibility index (Phi) is 4.17. The van der Waals surface area contributed by atoms with Crippen LogP contribution in [-0.4, -0.2) is 0 Å². The highest BCUT2D eigenvalue weighted by atomic mass is 19.1. The van der Waals surface area contributed by atoms with Gasteiger partial charge in [-0.15, -0.1) is 0 Å². The Hall–Kier alpha value is -1.87. The van der Waals surface area contributed by atoms with Gasteiger partial charge >= 0.3 is 0 Å². The van der Waals surface area contributed by atoms with Crippen molar-refractivity contribution in [3.63, 3.8) is 0 Å². The molecule has 2 nitrogen and oxygen atoms in total. The van der Waals surface area contributed by atoms with Crippen LogP contribution in [0.15, 0.2) is 36.4 Å². The molecule has 0 spiro atoms. The Morgan fingerprint density at radius 2 is 1.79 bits per heavy atom. The molecule has 0 heterocycles. The van der Waals surface area contributed by atoms with Crippen LogP contribution < -0.4 is 10.5 Å². The lowest BCUT2D eigenvalue weighted by Gasteiger charge is -2.13. The number of ether oxygens (including phenoxy) is 1.